The fourth-order valence-corrected chi connectivity index (χ4v) is 3.58. The molecular weight excluding hydrogens is 336 g/mol. The highest BCUT2D eigenvalue weighted by Crippen LogP contribution is 2.22. The molecule has 0 bridgehead atoms. The molecule has 0 heterocycles. The van der Waals surface area contributed by atoms with Crippen LogP contribution in [-0.4, -0.2) is 20.9 Å². The van der Waals surface area contributed by atoms with E-state index in [1.165, 1.54) is 12.1 Å². The van der Waals surface area contributed by atoms with Gasteiger partial charge in [0.1, 0.15) is 0 Å². The number of nitrogens with one attached hydrogen (secondary N) is 2. The number of anilines is 1. The smallest absolute Gasteiger partial charge is 0.240 e. The van der Waals surface area contributed by atoms with E-state index in [0.717, 1.165) is 10.8 Å². The van der Waals surface area contributed by atoms with E-state index in [4.69, 9.17) is 0 Å². The second-order valence-electron chi connectivity index (χ2n) is 5.54. The number of benzene rings is 3. The molecule has 3 aromatic carbocycles. The molecule has 0 fully saturated rings. The van der Waals surface area contributed by atoms with E-state index < -0.39 is 10.0 Å². The molecule has 0 aromatic heterocycles. The van der Waals surface area contributed by atoms with Gasteiger partial charge in [-0.1, -0.05) is 54.6 Å². The van der Waals surface area contributed by atoms with Gasteiger partial charge < -0.3 is 5.32 Å². The first-order valence-electron chi connectivity index (χ1n) is 7.88. The third-order valence-corrected chi connectivity index (χ3v) is 5.24. The number of fused-ring (bicyclic) bond motifs is 1. The Morgan fingerprint density at radius 2 is 1.52 bits per heavy atom. The Morgan fingerprint density at radius 3 is 2.32 bits per heavy atom. The van der Waals surface area contributed by atoms with Gasteiger partial charge in [0.25, 0.3) is 0 Å². The molecule has 6 heteroatoms. The lowest BCUT2D eigenvalue weighted by Gasteiger charge is -2.09. The first-order chi connectivity index (χ1) is 12.1. The molecule has 2 N–H and O–H groups in total. The van der Waals surface area contributed by atoms with E-state index in [1.807, 2.05) is 42.5 Å². The normalized spacial score (nSPS) is 11.4. The van der Waals surface area contributed by atoms with Crippen LogP contribution in [0.5, 0.6) is 0 Å². The Bertz CT molecular complexity index is 980. The number of rotatable bonds is 6. The van der Waals surface area contributed by atoms with Crippen molar-refractivity contribution in [1.82, 2.24) is 4.72 Å². The Labute approximate surface area is 146 Å². The zero-order valence-corrected chi connectivity index (χ0v) is 14.3. The average Bonchev–Trinajstić information content (AvgIpc) is 2.63. The lowest BCUT2D eigenvalue weighted by molar-refractivity contribution is -0.116. The predicted octanol–water partition coefficient (Wildman–Crippen LogP) is 3.15. The van der Waals surface area contributed by atoms with Crippen LogP contribution in [0, 0.1) is 0 Å². The lowest BCUT2D eigenvalue weighted by Crippen LogP contribution is -2.27. The summed E-state index contributed by atoms with van der Waals surface area (Å²) in [6, 6.07) is 21.5. The molecule has 128 valence electrons. The highest BCUT2D eigenvalue weighted by atomic mass is 32.2. The fourth-order valence-electron chi connectivity index (χ4n) is 2.53. The number of sulfonamides is 1. The number of hydrogen-bond acceptors (Lipinski definition) is 3. The molecule has 0 aliphatic heterocycles. The van der Waals surface area contributed by atoms with Crippen LogP contribution in [-0.2, 0) is 14.8 Å². The van der Waals surface area contributed by atoms with Gasteiger partial charge in [-0.15, -0.1) is 0 Å². The number of hydrogen-bond donors (Lipinski definition) is 2. The monoisotopic (exact) mass is 354 g/mol. The number of carbonyl (C=O) groups is 1. The summed E-state index contributed by atoms with van der Waals surface area (Å²) in [5, 5.41) is 4.82. The molecule has 5 nitrogen and oxygen atoms in total. The van der Waals surface area contributed by atoms with Crippen molar-refractivity contribution < 1.29 is 13.2 Å². The van der Waals surface area contributed by atoms with Gasteiger partial charge in [0.15, 0.2) is 0 Å². The van der Waals surface area contributed by atoms with Crippen molar-refractivity contribution in [2.45, 2.75) is 11.3 Å². The minimum atomic E-state index is -3.59. The van der Waals surface area contributed by atoms with Crippen LogP contribution in [0.1, 0.15) is 6.42 Å². The van der Waals surface area contributed by atoms with Crippen molar-refractivity contribution in [3.05, 3.63) is 72.8 Å². The molecule has 25 heavy (non-hydrogen) atoms. The molecule has 1 amide bonds. The van der Waals surface area contributed by atoms with Gasteiger partial charge in [0, 0.05) is 24.0 Å². The Balaban J connectivity index is 1.60. The van der Waals surface area contributed by atoms with Crippen LogP contribution >= 0.6 is 0 Å². The first-order valence-corrected chi connectivity index (χ1v) is 9.37. The van der Waals surface area contributed by atoms with E-state index in [0.29, 0.717) is 5.69 Å². The minimum absolute atomic E-state index is 0.0355. The summed E-state index contributed by atoms with van der Waals surface area (Å²) >= 11 is 0. The summed E-state index contributed by atoms with van der Waals surface area (Å²) in [7, 11) is -3.59. The lowest BCUT2D eigenvalue weighted by atomic mass is 10.1. The molecular formula is C19H18N2O3S. The summed E-state index contributed by atoms with van der Waals surface area (Å²) in [6.45, 7) is 0.0355. The summed E-state index contributed by atoms with van der Waals surface area (Å²) in [5.41, 5.74) is 0.717. The van der Waals surface area contributed by atoms with Crippen molar-refractivity contribution in [1.29, 1.82) is 0 Å². The largest absolute Gasteiger partial charge is 0.325 e. The predicted molar refractivity (Wildman–Crippen MR) is 98.8 cm³/mol. The maximum atomic E-state index is 12.1. The van der Waals surface area contributed by atoms with Crippen molar-refractivity contribution in [2.75, 3.05) is 11.9 Å². The van der Waals surface area contributed by atoms with Gasteiger partial charge in [0.2, 0.25) is 15.9 Å². The van der Waals surface area contributed by atoms with Gasteiger partial charge in [-0.25, -0.2) is 13.1 Å². The fraction of sp³-hybridized carbons (Fsp3) is 0.105. The second kappa shape index (κ2) is 7.46. The van der Waals surface area contributed by atoms with Crippen LogP contribution in [0.4, 0.5) is 5.69 Å². The van der Waals surface area contributed by atoms with E-state index >= 15 is 0 Å². The van der Waals surface area contributed by atoms with Crippen LogP contribution in [0.15, 0.2) is 77.7 Å². The standard InChI is InChI=1S/C19H18N2O3S/c22-19(13-14-20-25(23,24)16-9-2-1-3-10-16)21-18-12-6-8-15-7-4-5-11-17(15)18/h1-12,20H,13-14H2,(H,21,22). The summed E-state index contributed by atoms with van der Waals surface area (Å²) in [4.78, 5) is 12.3. The SMILES string of the molecule is O=C(CCNS(=O)(=O)c1ccccc1)Nc1cccc2ccccc12. The zero-order chi connectivity index (χ0) is 17.7. The summed E-state index contributed by atoms with van der Waals surface area (Å²) in [6.07, 6.45) is 0.0509. The first kappa shape index (κ1) is 17.1. The van der Waals surface area contributed by atoms with Crippen molar-refractivity contribution >= 4 is 32.4 Å². The molecule has 0 aliphatic carbocycles. The van der Waals surface area contributed by atoms with Crippen molar-refractivity contribution in [2.24, 2.45) is 0 Å². The third-order valence-electron chi connectivity index (χ3n) is 3.76. The molecule has 0 atom stereocenters. The molecule has 3 aromatic rings. The number of carbonyl (C=O) groups excluding carboxylic acids is 1. The Kier molecular flexibility index (Phi) is 5.11. The van der Waals surface area contributed by atoms with E-state index in [2.05, 4.69) is 10.0 Å². The van der Waals surface area contributed by atoms with Gasteiger partial charge >= 0.3 is 0 Å². The molecule has 0 saturated carbocycles. The molecule has 3 rings (SSSR count). The van der Waals surface area contributed by atoms with Crippen LogP contribution in [0.3, 0.4) is 0 Å². The van der Waals surface area contributed by atoms with Crippen LogP contribution in [0.25, 0.3) is 10.8 Å². The van der Waals surface area contributed by atoms with Gasteiger partial charge in [-0.2, -0.15) is 0 Å². The van der Waals surface area contributed by atoms with Gasteiger partial charge in [-0.05, 0) is 23.6 Å². The zero-order valence-electron chi connectivity index (χ0n) is 13.5. The van der Waals surface area contributed by atoms with Crippen molar-refractivity contribution in [3.8, 4) is 0 Å². The van der Waals surface area contributed by atoms with Gasteiger partial charge in [-0.3, -0.25) is 4.79 Å². The summed E-state index contributed by atoms with van der Waals surface area (Å²) < 4.78 is 26.6. The highest BCUT2D eigenvalue weighted by molar-refractivity contribution is 7.89. The molecule has 0 aliphatic rings. The third kappa shape index (κ3) is 4.23. The van der Waals surface area contributed by atoms with E-state index in [1.54, 1.807) is 18.2 Å². The highest BCUT2D eigenvalue weighted by Gasteiger charge is 2.13. The average molecular weight is 354 g/mol. The molecule has 0 unspecified atom stereocenters. The van der Waals surface area contributed by atoms with Gasteiger partial charge in [0.05, 0.1) is 4.90 Å². The van der Waals surface area contributed by atoms with E-state index in [9.17, 15) is 13.2 Å². The second-order valence-corrected chi connectivity index (χ2v) is 7.30. The van der Waals surface area contributed by atoms with Crippen LogP contribution in [0.2, 0.25) is 0 Å². The molecule has 0 radical (unpaired) electrons. The Hall–Kier alpha value is -2.70. The number of amides is 1. The topological polar surface area (TPSA) is 75.3 Å². The summed E-state index contributed by atoms with van der Waals surface area (Å²) in [5.74, 6) is -0.243. The molecule has 0 saturated heterocycles. The maximum absolute atomic E-state index is 12.1. The molecule has 0 spiro atoms. The van der Waals surface area contributed by atoms with E-state index in [-0.39, 0.29) is 23.8 Å². The van der Waals surface area contributed by atoms with Crippen molar-refractivity contribution in [3.63, 3.8) is 0 Å². The van der Waals surface area contributed by atoms with Crippen LogP contribution < -0.4 is 10.0 Å². The maximum Gasteiger partial charge on any atom is 0.240 e. The minimum Gasteiger partial charge on any atom is -0.325 e. The Morgan fingerprint density at radius 1 is 0.840 bits per heavy atom. The quantitative estimate of drug-likeness (QED) is 0.714.